The number of hydrogen-bond acceptors (Lipinski definition) is 2. The quantitative estimate of drug-likeness (QED) is 0.165. The van der Waals surface area contributed by atoms with Crippen LogP contribution in [0.4, 0.5) is 17.1 Å². The van der Waals surface area contributed by atoms with E-state index in [0.717, 1.165) is 72.7 Å². The van der Waals surface area contributed by atoms with Gasteiger partial charge in [-0.1, -0.05) is 214 Å². The van der Waals surface area contributed by atoms with Crippen LogP contribution in [0.2, 0.25) is 0 Å². The molecule has 0 aromatic heterocycles. The third kappa shape index (κ3) is 6.02. The van der Waals surface area contributed by atoms with Gasteiger partial charge in [0.15, 0.2) is 0 Å². The van der Waals surface area contributed by atoms with E-state index in [1.54, 1.807) is 0 Å². The van der Waals surface area contributed by atoms with Gasteiger partial charge >= 0.3 is 0 Å². The predicted molar refractivity (Wildman–Crippen MR) is 274 cm³/mol. The van der Waals surface area contributed by atoms with Gasteiger partial charge in [-0.2, -0.15) is 0 Å². The van der Waals surface area contributed by atoms with Gasteiger partial charge < -0.3 is 10.0 Å². The highest BCUT2D eigenvalue weighted by molar-refractivity contribution is 5.97. The van der Waals surface area contributed by atoms with Gasteiger partial charge in [-0.3, -0.25) is 0 Å². The van der Waals surface area contributed by atoms with Crippen LogP contribution in [0.3, 0.4) is 0 Å². The van der Waals surface area contributed by atoms with Crippen molar-refractivity contribution in [1.82, 2.24) is 0 Å². The minimum atomic E-state index is -0.674. The molecule has 0 radical (unpaired) electrons. The molecule has 10 aromatic rings. The molecular weight excluding hydrogens is 799 g/mol. The maximum absolute atomic E-state index is 11.9. The van der Waals surface area contributed by atoms with E-state index in [0.29, 0.717) is 0 Å². The highest BCUT2D eigenvalue weighted by atomic mass is 16.3. The van der Waals surface area contributed by atoms with Crippen molar-refractivity contribution in [1.29, 1.82) is 0 Å². The molecule has 1 N–H and O–H groups in total. The van der Waals surface area contributed by atoms with Crippen LogP contribution in [-0.4, -0.2) is 5.11 Å². The summed E-state index contributed by atoms with van der Waals surface area (Å²) in [4.78, 5) is 2.44. The molecule has 0 spiro atoms. The largest absolute Gasteiger partial charge is 0.507 e. The maximum Gasteiger partial charge on any atom is 0.123 e. The molecule has 2 aliphatic carbocycles. The number of rotatable bonds is 8. The van der Waals surface area contributed by atoms with Crippen molar-refractivity contribution in [3.8, 4) is 61.4 Å². The van der Waals surface area contributed by atoms with Crippen molar-refractivity contribution >= 4 is 17.1 Å². The Morgan fingerprint density at radius 1 is 0.348 bits per heavy atom. The standard InChI is InChI=1S/C64H47NO/c1-63(2)56-29-17-15-27-52(56)53-37-36-50(42-58(53)63)65(59-39-33-46(43-19-7-3-8-20-43)41-55(59)44-21-9-4-10-22-44)49-34-31-45(32-35-49)51-38-40-60(66)61-54-28-16-18-30-57(54)64(62(51)61,47-23-11-5-12-24-47)48-25-13-6-14-26-48/h3-42,66H,1-2H3. The Balaban J connectivity index is 1.07. The summed E-state index contributed by atoms with van der Waals surface area (Å²) >= 11 is 0. The number of nitrogens with zero attached hydrogens (tertiary/aromatic N) is 1. The molecule has 0 amide bonds. The summed E-state index contributed by atoms with van der Waals surface area (Å²) in [5.74, 6) is 0.284. The zero-order chi connectivity index (χ0) is 44.4. The highest BCUT2D eigenvalue weighted by Crippen LogP contribution is 2.61. The minimum Gasteiger partial charge on any atom is -0.507 e. The van der Waals surface area contributed by atoms with Gasteiger partial charge in [0.05, 0.1) is 11.1 Å². The number of hydrogen-bond donors (Lipinski definition) is 1. The van der Waals surface area contributed by atoms with Gasteiger partial charge in [0.25, 0.3) is 0 Å². The van der Waals surface area contributed by atoms with Crippen molar-refractivity contribution < 1.29 is 5.11 Å². The van der Waals surface area contributed by atoms with E-state index in [1.165, 1.54) is 33.4 Å². The number of benzene rings is 10. The number of phenolic OH excluding ortho intramolecular Hbond substituents is 1. The van der Waals surface area contributed by atoms with Gasteiger partial charge in [-0.15, -0.1) is 0 Å². The molecule has 12 rings (SSSR count). The summed E-state index contributed by atoms with van der Waals surface area (Å²) in [6.07, 6.45) is 0. The van der Waals surface area contributed by atoms with Crippen LogP contribution in [0.1, 0.15) is 47.2 Å². The molecule has 0 heterocycles. The number of fused-ring (bicyclic) bond motifs is 6. The first kappa shape index (κ1) is 39.4. The monoisotopic (exact) mass is 845 g/mol. The average molecular weight is 846 g/mol. The molecule has 0 aliphatic heterocycles. The zero-order valence-corrected chi connectivity index (χ0v) is 37.0. The average Bonchev–Trinajstić information content (AvgIpc) is 3.82. The van der Waals surface area contributed by atoms with E-state index in [-0.39, 0.29) is 11.2 Å². The van der Waals surface area contributed by atoms with E-state index in [2.05, 4.69) is 255 Å². The summed E-state index contributed by atoms with van der Waals surface area (Å²) in [6, 6.07) is 87.5. The first-order valence-electron chi connectivity index (χ1n) is 22.9. The van der Waals surface area contributed by atoms with Crippen molar-refractivity contribution in [2.24, 2.45) is 0 Å². The number of anilines is 3. The fraction of sp³-hybridized carbons (Fsp3) is 0.0625. The lowest BCUT2D eigenvalue weighted by molar-refractivity contribution is 0.477. The second-order valence-electron chi connectivity index (χ2n) is 18.2. The molecular formula is C64H47NO. The Hall–Kier alpha value is -8.20. The number of phenols is 1. The van der Waals surface area contributed by atoms with Crippen LogP contribution < -0.4 is 4.90 Å². The summed E-state index contributed by atoms with van der Waals surface area (Å²) in [5.41, 5.74) is 21.0. The third-order valence-electron chi connectivity index (χ3n) is 14.3. The van der Waals surface area contributed by atoms with Crippen molar-refractivity contribution in [2.75, 3.05) is 4.90 Å². The van der Waals surface area contributed by atoms with E-state index in [9.17, 15) is 5.11 Å². The summed E-state index contributed by atoms with van der Waals surface area (Å²) in [5, 5.41) is 11.9. The van der Waals surface area contributed by atoms with Crippen LogP contribution in [0.25, 0.3) is 55.6 Å². The molecule has 0 atom stereocenters. The molecule has 0 saturated carbocycles. The second kappa shape index (κ2) is 15.5. The van der Waals surface area contributed by atoms with Crippen LogP contribution in [0.15, 0.2) is 243 Å². The summed E-state index contributed by atoms with van der Waals surface area (Å²) in [6.45, 7) is 4.70. The molecule has 10 aromatic carbocycles. The van der Waals surface area contributed by atoms with E-state index in [1.807, 2.05) is 6.07 Å². The smallest absolute Gasteiger partial charge is 0.123 e. The molecule has 0 saturated heterocycles. The van der Waals surface area contributed by atoms with Crippen LogP contribution >= 0.6 is 0 Å². The van der Waals surface area contributed by atoms with Gasteiger partial charge in [-0.05, 0) is 120 Å². The first-order valence-corrected chi connectivity index (χ1v) is 22.9. The van der Waals surface area contributed by atoms with Crippen LogP contribution in [0.5, 0.6) is 5.75 Å². The normalized spacial score (nSPS) is 13.6. The zero-order valence-electron chi connectivity index (χ0n) is 37.0. The Kier molecular flexibility index (Phi) is 9.26. The second-order valence-corrected chi connectivity index (χ2v) is 18.2. The third-order valence-corrected chi connectivity index (χ3v) is 14.3. The van der Waals surface area contributed by atoms with E-state index < -0.39 is 5.41 Å². The molecule has 0 fully saturated rings. The topological polar surface area (TPSA) is 23.5 Å². The molecule has 0 bridgehead atoms. The lowest BCUT2D eigenvalue weighted by atomic mass is 9.66. The molecule has 2 nitrogen and oxygen atoms in total. The first-order chi connectivity index (χ1) is 32.4. The van der Waals surface area contributed by atoms with Gasteiger partial charge in [0, 0.05) is 27.9 Å². The molecule has 2 heteroatoms. The summed E-state index contributed by atoms with van der Waals surface area (Å²) in [7, 11) is 0. The fourth-order valence-electron chi connectivity index (χ4n) is 11.2. The Bertz CT molecular complexity index is 3390. The van der Waals surface area contributed by atoms with Gasteiger partial charge in [-0.25, -0.2) is 0 Å². The lowest BCUT2D eigenvalue weighted by Gasteiger charge is -2.35. The van der Waals surface area contributed by atoms with E-state index in [4.69, 9.17) is 0 Å². The summed E-state index contributed by atoms with van der Waals surface area (Å²) < 4.78 is 0. The Labute approximate surface area is 387 Å². The van der Waals surface area contributed by atoms with Gasteiger partial charge in [0.1, 0.15) is 5.75 Å². The van der Waals surface area contributed by atoms with Crippen molar-refractivity contribution in [3.05, 3.63) is 276 Å². The van der Waals surface area contributed by atoms with Crippen molar-refractivity contribution in [3.63, 3.8) is 0 Å². The van der Waals surface area contributed by atoms with Gasteiger partial charge in [0.2, 0.25) is 0 Å². The molecule has 0 unspecified atom stereocenters. The maximum atomic E-state index is 11.9. The molecule has 2 aliphatic rings. The lowest BCUT2D eigenvalue weighted by Crippen LogP contribution is -2.29. The molecule has 66 heavy (non-hydrogen) atoms. The highest BCUT2D eigenvalue weighted by Gasteiger charge is 2.48. The Morgan fingerprint density at radius 3 is 1.52 bits per heavy atom. The fourth-order valence-corrected chi connectivity index (χ4v) is 11.2. The van der Waals surface area contributed by atoms with E-state index >= 15 is 0 Å². The minimum absolute atomic E-state index is 0.169. The molecule has 314 valence electrons. The van der Waals surface area contributed by atoms with Crippen LogP contribution in [0, 0.1) is 0 Å². The number of aromatic hydroxyl groups is 1. The SMILES string of the molecule is CC1(C)c2ccccc2-c2ccc(N(c3ccc(-c4ccc(O)c5c4C(c4ccccc4)(c4ccccc4)c4ccccc4-5)cc3)c3ccc(-c4ccccc4)cc3-c3ccccc3)cc21. The predicted octanol–water partition coefficient (Wildman–Crippen LogP) is 16.5. The Morgan fingerprint density at radius 2 is 0.848 bits per heavy atom. The van der Waals surface area contributed by atoms with Crippen molar-refractivity contribution in [2.45, 2.75) is 24.7 Å². The van der Waals surface area contributed by atoms with Crippen LogP contribution in [-0.2, 0) is 10.8 Å².